The van der Waals surface area contributed by atoms with Gasteiger partial charge in [0.25, 0.3) is 5.91 Å². The van der Waals surface area contributed by atoms with Gasteiger partial charge in [-0.1, -0.05) is 12.1 Å². The number of halogens is 1. The molecule has 1 aliphatic rings. The fourth-order valence-electron chi connectivity index (χ4n) is 3.04. The van der Waals surface area contributed by atoms with Crippen molar-refractivity contribution in [1.82, 2.24) is 0 Å². The number of ether oxygens (including phenoxy) is 1. The molecule has 3 rings (SSSR count). The number of aliphatic hydroxyl groups excluding tert-OH is 1. The largest absolute Gasteiger partial charge is 0.503 e. The van der Waals surface area contributed by atoms with E-state index in [2.05, 4.69) is 0 Å². The summed E-state index contributed by atoms with van der Waals surface area (Å²) in [7, 11) is 0. The molecule has 1 aliphatic heterocycles. The number of aliphatic carboxylic acids is 1. The first-order valence-electron chi connectivity index (χ1n) is 8.27. The monoisotopic (exact) mass is 385 g/mol. The van der Waals surface area contributed by atoms with Gasteiger partial charge in [-0.3, -0.25) is 14.5 Å². The number of Topliss-reactive ketones (excluding diaryl/α,β-unsaturated/α-hetero) is 1. The van der Waals surface area contributed by atoms with Crippen molar-refractivity contribution in [2.75, 3.05) is 11.5 Å². The standard InChI is InChI=1S/C20H16FNO6/c1-11(23)17-18(12-2-4-13(21)5-3-12)22(20(27)19(17)26)14-6-8-15(9-7-14)28-10-16(24)25/h2-9,18,26H,10H2,1H3,(H,24,25)/t18-/m0/s1. The van der Waals surface area contributed by atoms with Gasteiger partial charge in [-0.25, -0.2) is 9.18 Å². The Balaban J connectivity index is 2.00. The molecule has 0 aromatic heterocycles. The van der Waals surface area contributed by atoms with Gasteiger partial charge in [0.1, 0.15) is 11.6 Å². The van der Waals surface area contributed by atoms with E-state index in [4.69, 9.17) is 9.84 Å². The number of anilines is 1. The number of carbonyl (C=O) groups is 3. The van der Waals surface area contributed by atoms with Crippen LogP contribution in [0.1, 0.15) is 18.5 Å². The molecule has 0 fully saturated rings. The van der Waals surface area contributed by atoms with Crippen LogP contribution < -0.4 is 9.64 Å². The molecule has 0 saturated carbocycles. The normalized spacial score (nSPS) is 16.4. The number of carbonyl (C=O) groups excluding carboxylic acids is 2. The molecule has 2 aromatic carbocycles. The Morgan fingerprint density at radius 3 is 2.25 bits per heavy atom. The fourth-order valence-corrected chi connectivity index (χ4v) is 3.04. The molecule has 28 heavy (non-hydrogen) atoms. The van der Waals surface area contributed by atoms with Gasteiger partial charge < -0.3 is 14.9 Å². The number of rotatable bonds is 6. The van der Waals surface area contributed by atoms with Gasteiger partial charge in [0.05, 0.1) is 11.6 Å². The zero-order chi connectivity index (χ0) is 20.4. The summed E-state index contributed by atoms with van der Waals surface area (Å²) in [6.07, 6.45) is 0. The van der Waals surface area contributed by atoms with Gasteiger partial charge in [0, 0.05) is 5.69 Å². The Labute approximate surface area is 159 Å². The first-order valence-corrected chi connectivity index (χ1v) is 8.27. The number of nitrogens with zero attached hydrogens (tertiary/aromatic N) is 1. The molecule has 1 heterocycles. The van der Waals surface area contributed by atoms with E-state index in [1.165, 1.54) is 60.4 Å². The summed E-state index contributed by atoms with van der Waals surface area (Å²) < 4.78 is 18.4. The van der Waals surface area contributed by atoms with E-state index in [1.54, 1.807) is 0 Å². The number of carboxylic acids is 1. The predicted octanol–water partition coefficient (Wildman–Crippen LogP) is 2.78. The van der Waals surface area contributed by atoms with E-state index >= 15 is 0 Å². The van der Waals surface area contributed by atoms with Gasteiger partial charge in [-0.15, -0.1) is 0 Å². The number of aliphatic hydroxyl groups is 1. The SMILES string of the molecule is CC(=O)C1=C(O)C(=O)N(c2ccc(OCC(=O)O)cc2)[C@H]1c1ccc(F)cc1. The van der Waals surface area contributed by atoms with Crippen LogP contribution >= 0.6 is 0 Å². The van der Waals surface area contributed by atoms with Crippen LogP contribution in [-0.2, 0) is 14.4 Å². The third-order valence-corrected chi connectivity index (χ3v) is 4.25. The topological polar surface area (TPSA) is 104 Å². The quantitative estimate of drug-likeness (QED) is 0.792. The lowest BCUT2D eigenvalue weighted by atomic mass is 9.96. The van der Waals surface area contributed by atoms with E-state index in [1.807, 2.05) is 0 Å². The van der Waals surface area contributed by atoms with Crippen LogP contribution in [0.15, 0.2) is 59.9 Å². The Hall–Kier alpha value is -3.68. The molecule has 0 saturated heterocycles. The number of benzene rings is 2. The molecule has 1 atom stereocenters. The van der Waals surface area contributed by atoms with Gasteiger partial charge in [-0.2, -0.15) is 0 Å². The molecule has 8 heteroatoms. The smallest absolute Gasteiger partial charge is 0.341 e. The lowest BCUT2D eigenvalue weighted by Crippen LogP contribution is -2.30. The average Bonchev–Trinajstić information content (AvgIpc) is 2.92. The Morgan fingerprint density at radius 1 is 1.11 bits per heavy atom. The molecule has 0 aliphatic carbocycles. The molecule has 2 aromatic rings. The van der Waals surface area contributed by atoms with Crippen LogP contribution in [0.25, 0.3) is 0 Å². The second kappa shape index (κ2) is 7.51. The lowest BCUT2D eigenvalue weighted by molar-refractivity contribution is -0.139. The van der Waals surface area contributed by atoms with Crippen LogP contribution in [0.5, 0.6) is 5.75 Å². The minimum absolute atomic E-state index is 0.0807. The first kappa shape index (κ1) is 19.1. The highest BCUT2D eigenvalue weighted by Crippen LogP contribution is 2.41. The fraction of sp³-hybridized carbons (Fsp3) is 0.150. The van der Waals surface area contributed by atoms with E-state index in [-0.39, 0.29) is 11.3 Å². The predicted molar refractivity (Wildman–Crippen MR) is 96.5 cm³/mol. The van der Waals surface area contributed by atoms with Gasteiger partial charge in [0.15, 0.2) is 18.1 Å². The summed E-state index contributed by atoms with van der Waals surface area (Å²) in [6, 6.07) is 10.3. The van der Waals surface area contributed by atoms with Crippen molar-refractivity contribution >= 4 is 23.3 Å². The summed E-state index contributed by atoms with van der Waals surface area (Å²) >= 11 is 0. The van der Waals surface area contributed by atoms with Crippen molar-refractivity contribution in [1.29, 1.82) is 0 Å². The zero-order valence-electron chi connectivity index (χ0n) is 14.8. The summed E-state index contributed by atoms with van der Waals surface area (Å²) in [4.78, 5) is 36.5. The molecular weight excluding hydrogens is 369 g/mol. The van der Waals surface area contributed by atoms with Crippen molar-refractivity contribution in [2.45, 2.75) is 13.0 Å². The first-order chi connectivity index (χ1) is 13.3. The maximum atomic E-state index is 13.3. The lowest BCUT2D eigenvalue weighted by Gasteiger charge is -2.26. The van der Waals surface area contributed by atoms with E-state index in [9.17, 15) is 23.9 Å². The van der Waals surface area contributed by atoms with E-state index in [0.29, 0.717) is 11.3 Å². The van der Waals surface area contributed by atoms with E-state index < -0.39 is 41.9 Å². The van der Waals surface area contributed by atoms with Crippen LogP contribution in [0.3, 0.4) is 0 Å². The third-order valence-electron chi connectivity index (χ3n) is 4.25. The van der Waals surface area contributed by atoms with Gasteiger partial charge in [-0.05, 0) is 48.9 Å². The average molecular weight is 385 g/mol. The summed E-state index contributed by atoms with van der Waals surface area (Å²) in [5.41, 5.74) is 0.725. The molecule has 0 unspecified atom stereocenters. The van der Waals surface area contributed by atoms with Crippen molar-refractivity contribution in [3.05, 3.63) is 71.2 Å². The molecule has 1 amide bonds. The minimum atomic E-state index is -1.13. The van der Waals surface area contributed by atoms with Crippen LogP contribution in [0.4, 0.5) is 10.1 Å². The highest BCUT2D eigenvalue weighted by molar-refractivity contribution is 6.16. The van der Waals surface area contributed by atoms with Crippen molar-refractivity contribution in [3.63, 3.8) is 0 Å². The second-order valence-corrected chi connectivity index (χ2v) is 6.12. The Bertz CT molecular complexity index is 965. The molecule has 2 N–H and O–H groups in total. The van der Waals surface area contributed by atoms with Crippen molar-refractivity contribution < 1.29 is 33.7 Å². The maximum absolute atomic E-state index is 13.3. The summed E-state index contributed by atoms with van der Waals surface area (Å²) in [6.45, 7) is 0.721. The number of ketones is 1. The molecule has 144 valence electrons. The molecule has 0 radical (unpaired) electrons. The Morgan fingerprint density at radius 2 is 1.71 bits per heavy atom. The molecular formula is C20H16FNO6. The second-order valence-electron chi connectivity index (χ2n) is 6.12. The number of amides is 1. The van der Waals surface area contributed by atoms with Crippen LogP contribution in [0, 0.1) is 5.82 Å². The van der Waals surface area contributed by atoms with E-state index in [0.717, 1.165) is 0 Å². The minimum Gasteiger partial charge on any atom is -0.503 e. The number of hydrogen-bond donors (Lipinski definition) is 2. The van der Waals surface area contributed by atoms with Gasteiger partial charge >= 0.3 is 5.97 Å². The number of carboxylic acid groups (broad SMARTS) is 1. The summed E-state index contributed by atoms with van der Waals surface area (Å²) in [5.74, 6) is -3.23. The Kier molecular flexibility index (Phi) is 5.12. The zero-order valence-corrected chi connectivity index (χ0v) is 14.8. The maximum Gasteiger partial charge on any atom is 0.341 e. The van der Waals surface area contributed by atoms with Crippen molar-refractivity contribution in [3.8, 4) is 5.75 Å². The third kappa shape index (κ3) is 3.57. The number of hydrogen-bond acceptors (Lipinski definition) is 5. The van der Waals surface area contributed by atoms with Crippen LogP contribution in [-0.4, -0.2) is 34.5 Å². The van der Waals surface area contributed by atoms with Crippen molar-refractivity contribution in [2.24, 2.45) is 0 Å². The molecule has 0 spiro atoms. The molecule has 7 nitrogen and oxygen atoms in total. The highest BCUT2D eigenvalue weighted by atomic mass is 19.1. The molecule has 0 bridgehead atoms. The summed E-state index contributed by atoms with van der Waals surface area (Å²) in [5, 5.41) is 18.9. The highest BCUT2D eigenvalue weighted by Gasteiger charge is 2.43. The van der Waals surface area contributed by atoms with Crippen LogP contribution in [0.2, 0.25) is 0 Å². The van der Waals surface area contributed by atoms with Gasteiger partial charge in [0.2, 0.25) is 0 Å².